The Hall–Kier alpha value is -1.35. The van der Waals surface area contributed by atoms with E-state index in [1.807, 2.05) is 25.2 Å². The molecule has 0 radical (unpaired) electrons. The van der Waals surface area contributed by atoms with Gasteiger partial charge in [0.15, 0.2) is 0 Å². The van der Waals surface area contributed by atoms with Gasteiger partial charge in [-0.05, 0) is 24.6 Å². The Bertz CT molecular complexity index is 348. The first kappa shape index (κ1) is 12.7. The highest BCUT2D eigenvalue weighted by atomic mass is 16.1. The van der Waals surface area contributed by atoms with Gasteiger partial charge in [0.25, 0.3) is 0 Å². The maximum Gasteiger partial charge on any atom is 0.225 e. The van der Waals surface area contributed by atoms with Crippen LogP contribution >= 0.6 is 0 Å². The highest BCUT2D eigenvalue weighted by Gasteiger charge is 2.08. The Morgan fingerprint density at radius 3 is 2.62 bits per heavy atom. The molecule has 0 aliphatic carbocycles. The van der Waals surface area contributed by atoms with Gasteiger partial charge in [-0.2, -0.15) is 0 Å². The van der Waals surface area contributed by atoms with Gasteiger partial charge in [-0.15, -0.1) is 0 Å². The minimum Gasteiger partial charge on any atom is -0.326 e. The van der Waals surface area contributed by atoms with Crippen LogP contribution in [0.1, 0.15) is 31.7 Å². The molecule has 1 aromatic carbocycles. The summed E-state index contributed by atoms with van der Waals surface area (Å²) in [5.41, 5.74) is 2.11. The third kappa shape index (κ3) is 3.66. The minimum absolute atomic E-state index is 0.0578. The quantitative estimate of drug-likeness (QED) is 0.799. The number of hydrogen-bond donors (Lipinski definition) is 2. The number of anilines is 1. The summed E-state index contributed by atoms with van der Waals surface area (Å²) in [4.78, 5) is 11.6. The predicted molar refractivity (Wildman–Crippen MR) is 67.7 cm³/mol. The molecule has 1 amide bonds. The van der Waals surface area contributed by atoms with Gasteiger partial charge in [0.1, 0.15) is 0 Å². The van der Waals surface area contributed by atoms with Gasteiger partial charge in [0.2, 0.25) is 5.91 Å². The summed E-state index contributed by atoms with van der Waals surface area (Å²) in [7, 11) is 1.84. The van der Waals surface area contributed by atoms with Gasteiger partial charge < -0.3 is 10.6 Å². The SMILES string of the molecule is CNCCC(=O)Nc1ccccc1C(C)C. The van der Waals surface area contributed by atoms with Crippen LogP contribution in [0.2, 0.25) is 0 Å². The van der Waals surface area contributed by atoms with Gasteiger partial charge in [0.05, 0.1) is 0 Å². The van der Waals surface area contributed by atoms with E-state index in [1.165, 1.54) is 5.56 Å². The molecule has 0 spiro atoms. The Morgan fingerprint density at radius 1 is 1.31 bits per heavy atom. The molecule has 0 aliphatic heterocycles. The van der Waals surface area contributed by atoms with E-state index in [9.17, 15) is 4.79 Å². The fourth-order valence-electron chi connectivity index (χ4n) is 1.57. The molecular weight excluding hydrogens is 200 g/mol. The largest absolute Gasteiger partial charge is 0.326 e. The number of carbonyl (C=O) groups is 1. The first-order valence-electron chi connectivity index (χ1n) is 5.68. The molecule has 88 valence electrons. The van der Waals surface area contributed by atoms with Gasteiger partial charge in [-0.25, -0.2) is 0 Å². The van der Waals surface area contributed by atoms with E-state index in [-0.39, 0.29) is 5.91 Å². The van der Waals surface area contributed by atoms with Crippen LogP contribution in [0.3, 0.4) is 0 Å². The molecule has 2 N–H and O–H groups in total. The van der Waals surface area contributed by atoms with E-state index in [4.69, 9.17) is 0 Å². The van der Waals surface area contributed by atoms with E-state index >= 15 is 0 Å². The summed E-state index contributed by atoms with van der Waals surface area (Å²) in [6, 6.07) is 7.95. The van der Waals surface area contributed by atoms with E-state index in [0.717, 1.165) is 5.69 Å². The molecule has 0 aromatic heterocycles. The maximum absolute atomic E-state index is 11.6. The van der Waals surface area contributed by atoms with Crippen molar-refractivity contribution in [1.29, 1.82) is 0 Å². The van der Waals surface area contributed by atoms with E-state index in [0.29, 0.717) is 18.9 Å². The third-order valence-corrected chi connectivity index (χ3v) is 2.46. The molecule has 0 fully saturated rings. The third-order valence-electron chi connectivity index (χ3n) is 2.46. The fraction of sp³-hybridized carbons (Fsp3) is 0.462. The van der Waals surface area contributed by atoms with Gasteiger partial charge in [-0.3, -0.25) is 4.79 Å². The second-order valence-corrected chi connectivity index (χ2v) is 4.14. The smallest absolute Gasteiger partial charge is 0.225 e. The molecule has 0 saturated heterocycles. The topological polar surface area (TPSA) is 41.1 Å². The number of para-hydroxylation sites is 1. The van der Waals surface area contributed by atoms with Crippen LogP contribution in [0.5, 0.6) is 0 Å². The number of rotatable bonds is 5. The molecule has 0 atom stereocenters. The zero-order valence-corrected chi connectivity index (χ0v) is 10.2. The van der Waals surface area contributed by atoms with Crippen molar-refractivity contribution in [2.24, 2.45) is 0 Å². The highest BCUT2D eigenvalue weighted by molar-refractivity contribution is 5.91. The van der Waals surface area contributed by atoms with Crippen LogP contribution in [0.25, 0.3) is 0 Å². The molecule has 0 bridgehead atoms. The number of amides is 1. The molecule has 16 heavy (non-hydrogen) atoms. The standard InChI is InChI=1S/C13H20N2O/c1-10(2)11-6-4-5-7-12(11)15-13(16)8-9-14-3/h4-7,10,14H,8-9H2,1-3H3,(H,15,16). The van der Waals surface area contributed by atoms with Crippen molar-refractivity contribution in [3.63, 3.8) is 0 Å². The molecule has 0 aliphatic rings. The van der Waals surface area contributed by atoms with Crippen molar-refractivity contribution < 1.29 is 4.79 Å². The van der Waals surface area contributed by atoms with Gasteiger partial charge in [-0.1, -0.05) is 32.0 Å². The van der Waals surface area contributed by atoms with Crippen molar-refractivity contribution in [3.8, 4) is 0 Å². The Morgan fingerprint density at radius 2 is 2.00 bits per heavy atom. The van der Waals surface area contributed by atoms with Crippen LogP contribution in [-0.2, 0) is 4.79 Å². The van der Waals surface area contributed by atoms with Crippen molar-refractivity contribution >= 4 is 11.6 Å². The van der Waals surface area contributed by atoms with Crippen LogP contribution in [0.4, 0.5) is 5.69 Å². The lowest BCUT2D eigenvalue weighted by Gasteiger charge is -2.13. The summed E-state index contributed by atoms with van der Waals surface area (Å²) in [6.45, 7) is 4.95. The zero-order chi connectivity index (χ0) is 12.0. The minimum atomic E-state index is 0.0578. The molecule has 3 heteroatoms. The molecule has 0 saturated carbocycles. The predicted octanol–water partition coefficient (Wildman–Crippen LogP) is 2.36. The lowest BCUT2D eigenvalue weighted by atomic mass is 10.0. The lowest BCUT2D eigenvalue weighted by molar-refractivity contribution is -0.116. The van der Waals surface area contributed by atoms with Gasteiger partial charge in [0, 0.05) is 18.7 Å². The number of nitrogens with one attached hydrogen (secondary N) is 2. The first-order valence-corrected chi connectivity index (χ1v) is 5.68. The van der Waals surface area contributed by atoms with E-state index < -0.39 is 0 Å². The molecule has 0 unspecified atom stereocenters. The van der Waals surface area contributed by atoms with Crippen molar-refractivity contribution in [2.75, 3.05) is 18.9 Å². The summed E-state index contributed by atoms with van der Waals surface area (Å²) in [5, 5.41) is 5.91. The Balaban J connectivity index is 2.69. The number of carbonyl (C=O) groups excluding carboxylic acids is 1. The van der Waals surface area contributed by atoms with Crippen LogP contribution in [-0.4, -0.2) is 19.5 Å². The molecular formula is C13H20N2O. The summed E-state index contributed by atoms with van der Waals surface area (Å²) >= 11 is 0. The van der Waals surface area contributed by atoms with Crippen LogP contribution < -0.4 is 10.6 Å². The second-order valence-electron chi connectivity index (χ2n) is 4.14. The number of hydrogen-bond acceptors (Lipinski definition) is 2. The first-order chi connectivity index (χ1) is 7.65. The Labute approximate surface area is 97.2 Å². The molecule has 3 nitrogen and oxygen atoms in total. The van der Waals surface area contributed by atoms with E-state index in [2.05, 4.69) is 30.5 Å². The number of benzene rings is 1. The van der Waals surface area contributed by atoms with Crippen molar-refractivity contribution in [1.82, 2.24) is 5.32 Å². The monoisotopic (exact) mass is 220 g/mol. The second kappa shape index (κ2) is 6.28. The van der Waals surface area contributed by atoms with Gasteiger partial charge >= 0.3 is 0 Å². The average Bonchev–Trinajstić information content (AvgIpc) is 2.27. The molecule has 1 rings (SSSR count). The van der Waals surface area contributed by atoms with Crippen LogP contribution in [0, 0.1) is 0 Å². The van der Waals surface area contributed by atoms with Crippen molar-refractivity contribution in [3.05, 3.63) is 29.8 Å². The summed E-state index contributed by atoms with van der Waals surface area (Å²) < 4.78 is 0. The van der Waals surface area contributed by atoms with Crippen LogP contribution in [0.15, 0.2) is 24.3 Å². The molecule has 1 aromatic rings. The Kier molecular flexibility index (Phi) is 4.99. The van der Waals surface area contributed by atoms with E-state index in [1.54, 1.807) is 0 Å². The summed E-state index contributed by atoms with van der Waals surface area (Å²) in [6.07, 6.45) is 0.503. The zero-order valence-electron chi connectivity index (χ0n) is 10.2. The average molecular weight is 220 g/mol. The summed E-state index contributed by atoms with van der Waals surface area (Å²) in [5.74, 6) is 0.475. The fourth-order valence-corrected chi connectivity index (χ4v) is 1.57. The lowest BCUT2D eigenvalue weighted by Crippen LogP contribution is -2.19. The maximum atomic E-state index is 11.6. The highest BCUT2D eigenvalue weighted by Crippen LogP contribution is 2.23. The molecule has 0 heterocycles. The normalized spacial score (nSPS) is 10.5. The van der Waals surface area contributed by atoms with Crippen molar-refractivity contribution in [2.45, 2.75) is 26.2 Å².